The summed E-state index contributed by atoms with van der Waals surface area (Å²) >= 11 is 0. The summed E-state index contributed by atoms with van der Waals surface area (Å²) in [5.74, 6) is -0.399. The second-order valence-corrected chi connectivity index (χ2v) is 5.84. The lowest BCUT2D eigenvalue weighted by atomic mass is 10.0. The lowest BCUT2D eigenvalue weighted by molar-refractivity contribution is 0.0526. The van der Waals surface area contributed by atoms with Crippen molar-refractivity contribution >= 4 is 17.1 Å². The number of aliphatic hydroxyl groups excluding tert-OH is 2. The number of rotatable bonds is 5. The van der Waals surface area contributed by atoms with E-state index in [9.17, 15) is 15.0 Å². The number of fused-ring (bicyclic) bond motifs is 1. The molecular formula is C18H20N4O4. The van der Waals surface area contributed by atoms with Crippen molar-refractivity contribution in [3.63, 3.8) is 0 Å². The van der Waals surface area contributed by atoms with Gasteiger partial charge in [-0.2, -0.15) is 10.2 Å². The number of allylic oxidation sites excluding steroid dienone is 1. The number of hydrogen-bond donors (Lipinski definition) is 2. The number of ether oxygens (including phenoxy) is 1. The lowest BCUT2D eigenvalue weighted by Crippen LogP contribution is -2.06. The summed E-state index contributed by atoms with van der Waals surface area (Å²) < 4.78 is 8.17. The molecule has 1 atom stereocenters. The van der Waals surface area contributed by atoms with Crippen LogP contribution in [0.15, 0.2) is 42.7 Å². The van der Waals surface area contributed by atoms with Crippen molar-refractivity contribution in [2.24, 2.45) is 0 Å². The van der Waals surface area contributed by atoms with Crippen LogP contribution >= 0.6 is 0 Å². The standard InChI is InChI=1S/C18H20N4O4/c1-4-26-18(25)13-8-19-22(10-13)14-5-6-21-16(7-14)15(9-20-21)17(11(2)23)12(3)24/h5-11,23-24H,4H2,1-3H3/b17-12+. The molecule has 8 nitrogen and oxygen atoms in total. The number of hydrogen-bond acceptors (Lipinski definition) is 6. The largest absolute Gasteiger partial charge is 0.512 e. The highest BCUT2D eigenvalue weighted by Crippen LogP contribution is 2.27. The number of carbonyl (C=O) groups excluding carboxylic acids is 1. The van der Waals surface area contributed by atoms with Crippen molar-refractivity contribution < 1.29 is 19.7 Å². The molecule has 0 bridgehead atoms. The number of carbonyl (C=O) groups is 1. The van der Waals surface area contributed by atoms with E-state index in [-0.39, 0.29) is 5.76 Å². The van der Waals surface area contributed by atoms with Crippen LogP contribution in [-0.2, 0) is 4.74 Å². The quantitative estimate of drug-likeness (QED) is 0.537. The fraction of sp³-hybridized carbons (Fsp3) is 0.278. The molecular weight excluding hydrogens is 336 g/mol. The molecule has 3 aromatic heterocycles. The van der Waals surface area contributed by atoms with Crippen LogP contribution in [0.4, 0.5) is 0 Å². The summed E-state index contributed by atoms with van der Waals surface area (Å²) in [6, 6.07) is 3.61. The van der Waals surface area contributed by atoms with Crippen LogP contribution in [0.25, 0.3) is 16.8 Å². The predicted octanol–water partition coefficient (Wildman–Crippen LogP) is 2.37. The fourth-order valence-electron chi connectivity index (χ4n) is 2.83. The molecule has 1 unspecified atom stereocenters. The third-order valence-electron chi connectivity index (χ3n) is 3.96. The van der Waals surface area contributed by atoms with Gasteiger partial charge in [-0.05, 0) is 32.9 Å². The number of esters is 1. The van der Waals surface area contributed by atoms with Crippen molar-refractivity contribution in [2.45, 2.75) is 26.9 Å². The molecule has 3 aromatic rings. The molecule has 2 N–H and O–H groups in total. The Morgan fingerprint density at radius 1 is 1.35 bits per heavy atom. The number of aromatic nitrogens is 4. The van der Waals surface area contributed by atoms with Crippen LogP contribution in [0.1, 0.15) is 36.7 Å². The number of nitrogens with zero attached hydrogens (tertiary/aromatic N) is 4. The van der Waals surface area contributed by atoms with Gasteiger partial charge in [0.25, 0.3) is 0 Å². The molecule has 0 saturated carbocycles. The van der Waals surface area contributed by atoms with E-state index in [2.05, 4.69) is 10.2 Å². The van der Waals surface area contributed by atoms with Crippen molar-refractivity contribution in [3.05, 3.63) is 53.8 Å². The van der Waals surface area contributed by atoms with Crippen LogP contribution in [0.2, 0.25) is 0 Å². The van der Waals surface area contributed by atoms with Crippen LogP contribution in [0.3, 0.4) is 0 Å². The van der Waals surface area contributed by atoms with E-state index in [1.54, 1.807) is 47.7 Å². The van der Waals surface area contributed by atoms with Crippen LogP contribution in [-0.4, -0.2) is 48.3 Å². The molecule has 0 aliphatic rings. The van der Waals surface area contributed by atoms with Gasteiger partial charge in [-0.15, -0.1) is 0 Å². The summed E-state index contributed by atoms with van der Waals surface area (Å²) in [6.07, 6.45) is 5.51. The second-order valence-electron chi connectivity index (χ2n) is 5.84. The monoisotopic (exact) mass is 356 g/mol. The Kier molecular flexibility index (Phi) is 4.77. The summed E-state index contributed by atoms with van der Waals surface area (Å²) in [4.78, 5) is 11.8. The zero-order valence-electron chi connectivity index (χ0n) is 14.7. The summed E-state index contributed by atoms with van der Waals surface area (Å²) in [7, 11) is 0. The van der Waals surface area contributed by atoms with Gasteiger partial charge in [-0.1, -0.05) is 0 Å². The zero-order valence-corrected chi connectivity index (χ0v) is 14.7. The summed E-state index contributed by atoms with van der Waals surface area (Å²) in [5, 5.41) is 28.4. The summed E-state index contributed by atoms with van der Waals surface area (Å²) in [5.41, 5.74) is 2.79. The molecule has 0 aliphatic carbocycles. The van der Waals surface area contributed by atoms with Crippen molar-refractivity contribution in [1.82, 2.24) is 19.4 Å². The smallest absolute Gasteiger partial charge is 0.341 e. The molecule has 3 rings (SSSR count). The Hall–Kier alpha value is -3.13. The van der Waals surface area contributed by atoms with Gasteiger partial charge in [-0.3, -0.25) is 0 Å². The van der Waals surface area contributed by atoms with E-state index < -0.39 is 12.1 Å². The molecule has 3 heterocycles. The van der Waals surface area contributed by atoms with E-state index in [4.69, 9.17) is 4.74 Å². The molecule has 0 spiro atoms. The highest BCUT2D eigenvalue weighted by Gasteiger charge is 2.18. The second kappa shape index (κ2) is 7.01. The molecule has 26 heavy (non-hydrogen) atoms. The van der Waals surface area contributed by atoms with Crippen LogP contribution in [0, 0.1) is 0 Å². The Bertz CT molecular complexity index is 980. The third-order valence-corrected chi connectivity index (χ3v) is 3.96. The SMILES string of the molecule is CCOC(=O)c1cnn(-c2ccn3ncc(/C(=C(\C)O)C(C)O)c3c2)c1. The third kappa shape index (κ3) is 3.18. The number of pyridine rings is 1. The molecule has 0 aromatic carbocycles. The number of aliphatic hydroxyl groups is 2. The van der Waals surface area contributed by atoms with Crippen molar-refractivity contribution in [1.29, 1.82) is 0 Å². The first-order chi connectivity index (χ1) is 12.4. The summed E-state index contributed by atoms with van der Waals surface area (Å²) in [6.45, 7) is 5.15. The highest BCUT2D eigenvalue weighted by atomic mass is 16.5. The topological polar surface area (TPSA) is 102 Å². The lowest BCUT2D eigenvalue weighted by Gasteiger charge is -2.11. The predicted molar refractivity (Wildman–Crippen MR) is 95.2 cm³/mol. The average Bonchev–Trinajstić information content (AvgIpc) is 3.22. The maximum atomic E-state index is 11.8. The maximum absolute atomic E-state index is 11.8. The molecule has 0 aliphatic heterocycles. The van der Waals surface area contributed by atoms with Gasteiger partial charge in [0.05, 0.1) is 47.6 Å². The molecule has 136 valence electrons. The fourth-order valence-corrected chi connectivity index (χ4v) is 2.83. The van der Waals surface area contributed by atoms with E-state index in [1.807, 2.05) is 6.07 Å². The maximum Gasteiger partial charge on any atom is 0.341 e. The minimum absolute atomic E-state index is 0.0315. The average molecular weight is 356 g/mol. The van der Waals surface area contributed by atoms with E-state index in [1.165, 1.54) is 13.1 Å². The minimum Gasteiger partial charge on any atom is -0.512 e. The zero-order chi connectivity index (χ0) is 18.8. The Balaban J connectivity index is 2.06. The van der Waals surface area contributed by atoms with Crippen molar-refractivity contribution in [2.75, 3.05) is 6.61 Å². The Morgan fingerprint density at radius 2 is 2.12 bits per heavy atom. The van der Waals surface area contributed by atoms with Crippen molar-refractivity contribution in [3.8, 4) is 5.69 Å². The van der Waals surface area contributed by atoms with Gasteiger partial charge >= 0.3 is 5.97 Å². The van der Waals surface area contributed by atoms with Gasteiger partial charge in [0.15, 0.2) is 0 Å². The first-order valence-corrected chi connectivity index (χ1v) is 8.20. The molecule has 8 heteroatoms. The Labute approximate surface area is 149 Å². The first-order valence-electron chi connectivity index (χ1n) is 8.20. The van der Waals surface area contributed by atoms with E-state index >= 15 is 0 Å². The van der Waals surface area contributed by atoms with Crippen LogP contribution < -0.4 is 0 Å². The first kappa shape index (κ1) is 17.7. The molecule has 0 amide bonds. The highest BCUT2D eigenvalue weighted by molar-refractivity contribution is 5.89. The van der Waals surface area contributed by atoms with Gasteiger partial charge in [0.1, 0.15) is 0 Å². The van der Waals surface area contributed by atoms with Gasteiger partial charge in [0, 0.05) is 23.5 Å². The molecule has 0 fully saturated rings. The minimum atomic E-state index is -0.850. The van der Waals surface area contributed by atoms with E-state index in [0.717, 1.165) is 0 Å². The molecule has 0 saturated heterocycles. The van der Waals surface area contributed by atoms with Gasteiger partial charge in [0.2, 0.25) is 0 Å². The van der Waals surface area contributed by atoms with Gasteiger partial charge < -0.3 is 14.9 Å². The van der Waals surface area contributed by atoms with Gasteiger partial charge in [-0.25, -0.2) is 14.0 Å². The normalized spacial score (nSPS) is 13.5. The molecule has 0 radical (unpaired) electrons. The Morgan fingerprint density at radius 3 is 2.77 bits per heavy atom. The van der Waals surface area contributed by atoms with Crippen LogP contribution in [0.5, 0.6) is 0 Å². The van der Waals surface area contributed by atoms with E-state index in [0.29, 0.717) is 34.5 Å².